The molecule has 0 aliphatic carbocycles. The number of nitrogens with one attached hydrogen (secondary N) is 2. The van der Waals surface area contributed by atoms with Crippen LogP contribution in [0.4, 0.5) is 11.4 Å². The molecule has 0 saturated heterocycles. The number of carbonyl (C=O) groups excluding carboxylic acids is 2. The van der Waals surface area contributed by atoms with Crippen molar-refractivity contribution in [2.45, 2.75) is 19.8 Å². The maximum absolute atomic E-state index is 12.3. The van der Waals surface area contributed by atoms with Crippen LogP contribution in [0.3, 0.4) is 0 Å². The summed E-state index contributed by atoms with van der Waals surface area (Å²) in [6.45, 7) is 4.23. The van der Waals surface area contributed by atoms with Gasteiger partial charge in [-0.05, 0) is 41.8 Å². The van der Waals surface area contributed by atoms with Crippen LogP contribution >= 0.6 is 0 Å². The van der Waals surface area contributed by atoms with Crippen molar-refractivity contribution in [1.82, 2.24) is 0 Å². The Morgan fingerprint density at radius 3 is 2.61 bits per heavy atom. The highest BCUT2D eigenvalue weighted by atomic mass is 16.5. The van der Waals surface area contributed by atoms with E-state index in [1.165, 1.54) is 5.56 Å². The molecule has 3 rings (SSSR count). The van der Waals surface area contributed by atoms with E-state index in [4.69, 9.17) is 4.74 Å². The van der Waals surface area contributed by atoms with E-state index < -0.39 is 0 Å². The van der Waals surface area contributed by atoms with Crippen LogP contribution in [0, 0.1) is 0 Å². The average molecular weight is 310 g/mol. The van der Waals surface area contributed by atoms with Crippen LogP contribution in [0.2, 0.25) is 0 Å². The normalized spacial score (nSPS) is 13.1. The highest BCUT2D eigenvalue weighted by Gasteiger charge is 2.16. The molecule has 5 heteroatoms. The number of benzene rings is 2. The maximum Gasteiger partial charge on any atom is 0.262 e. The molecule has 0 radical (unpaired) electrons. The fourth-order valence-electron chi connectivity index (χ4n) is 2.38. The summed E-state index contributed by atoms with van der Waals surface area (Å²) >= 11 is 0. The summed E-state index contributed by atoms with van der Waals surface area (Å²) in [6.07, 6.45) is 0. The quantitative estimate of drug-likeness (QED) is 0.913. The predicted octanol–water partition coefficient (Wildman–Crippen LogP) is 3.39. The van der Waals surface area contributed by atoms with Crippen molar-refractivity contribution < 1.29 is 14.3 Å². The Balaban J connectivity index is 1.75. The second kappa shape index (κ2) is 6.12. The topological polar surface area (TPSA) is 67.4 Å². The number of hydrogen-bond acceptors (Lipinski definition) is 3. The summed E-state index contributed by atoms with van der Waals surface area (Å²) in [5.41, 5.74) is 2.95. The van der Waals surface area contributed by atoms with E-state index >= 15 is 0 Å². The molecule has 1 heterocycles. The zero-order valence-electron chi connectivity index (χ0n) is 13.1. The number of ether oxygens (including phenoxy) is 1. The number of carbonyl (C=O) groups is 2. The highest BCUT2D eigenvalue weighted by molar-refractivity contribution is 6.05. The molecular formula is C18H18N2O3. The molecule has 23 heavy (non-hydrogen) atoms. The zero-order chi connectivity index (χ0) is 16.4. The molecule has 2 amide bonds. The van der Waals surface area contributed by atoms with Gasteiger partial charge in [-0.25, -0.2) is 0 Å². The maximum atomic E-state index is 12.3. The molecule has 0 atom stereocenters. The second-order valence-corrected chi connectivity index (χ2v) is 5.78. The molecule has 0 saturated carbocycles. The first-order chi connectivity index (χ1) is 11.0. The summed E-state index contributed by atoms with van der Waals surface area (Å²) in [5, 5.41) is 5.54. The van der Waals surface area contributed by atoms with E-state index in [-0.39, 0.29) is 18.4 Å². The van der Waals surface area contributed by atoms with Crippen LogP contribution in [-0.4, -0.2) is 18.4 Å². The van der Waals surface area contributed by atoms with Crippen molar-refractivity contribution >= 4 is 23.2 Å². The van der Waals surface area contributed by atoms with Gasteiger partial charge < -0.3 is 15.4 Å². The average Bonchev–Trinajstić information content (AvgIpc) is 2.54. The summed E-state index contributed by atoms with van der Waals surface area (Å²) < 4.78 is 5.29. The van der Waals surface area contributed by atoms with Gasteiger partial charge in [-0.2, -0.15) is 0 Å². The van der Waals surface area contributed by atoms with Gasteiger partial charge in [0.2, 0.25) is 0 Å². The van der Waals surface area contributed by atoms with Gasteiger partial charge in [0.25, 0.3) is 11.8 Å². The fraction of sp³-hybridized carbons (Fsp3) is 0.222. The van der Waals surface area contributed by atoms with Crippen LogP contribution in [0.5, 0.6) is 5.75 Å². The molecule has 2 aromatic rings. The minimum absolute atomic E-state index is 0.0148. The standard InChI is InChI=1S/C18H18N2O3/c1-11(2)12-3-5-13(6-4-12)18(22)19-14-7-8-16-15(9-14)20-17(21)10-23-16/h3-9,11H,10H2,1-2H3,(H,19,22)(H,20,21). The molecule has 1 aliphatic heterocycles. The Kier molecular flexibility index (Phi) is 4.02. The van der Waals surface area contributed by atoms with Gasteiger partial charge in [-0.1, -0.05) is 26.0 Å². The lowest BCUT2D eigenvalue weighted by Gasteiger charge is -2.18. The lowest BCUT2D eigenvalue weighted by Crippen LogP contribution is -2.25. The van der Waals surface area contributed by atoms with Gasteiger partial charge in [0, 0.05) is 11.3 Å². The zero-order valence-corrected chi connectivity index (χ0v) is 13.1. The smallest absolute Gasteiger partial charge is 0.262 e. The van der Waals surface area contributed by atoms with E-state index in [9.17, 15) is 9.59 Å². The number of rotatable bonds is 3. The Morgan fingerprint density at radius 1 is 1.17 bits per heavy atom. The molecule has 5 nitrogen and oxygen atoms in total. The van der Waals surface area contributed by atoms with Crippen LogP contribution in [0.15, 0.2) is 42.5 Å². The van der Waals surface area contributed by atoms with Crippen LogP contribution in [0.1, 0.15) is 35.7 Å². The first kappa shape index (κ1) is 15.1. The molecule has 0 aromatic heterocycles. The lowest BCUT2D eigenvalue weighted by molar-refractivity contribution is -0.118. The summed E-state index contributed by atoms with van der Waals surface area (Å²) in [5.74, 6) is 0.633. The second-order valence-electron chi connectivity index (χ2n) is 5.78. The Morgan fingerprint density at radius 2 is 1.91 bits per heavy atom. The predicted molar refractivity (Wildman–Crippen MR) is 89.1 cm³/mol. The highest BCUT2D eigenvalue weighted by Crippen LogP contribution is 2.30. The summed E-state index contributed by atoms with van der Waals surface area (Å²) in [4.78, 5) is 23.6. The molecule has 2 N–H and O–H groups in total. The number of amides is 2. The number of fused-ring (bicyclic) bond motifs is 1. The molecule has 2 aromatic carbocycles. The summed E-state index contributed by atoms with van der Waals surface area (Å²) in [7, 11) is 0. The molecule has 1 aliphatic rings. The third kappa shape index (κ3) is 3.34. The van der Waals surface area contributed by atoms with Gasteiger partial charge in [0.1, 0.15) is 5.75 Å². The molecule has 0 unspecified atom stereocenters. The monoisotopic (exact) mass is 310 g/mol. The van der Waals surface area contributed by atoms with Gasteiger partial charge in [0.05, 0.1) is 5.69 Å². The van der Waals surface area contributed by atoms with Crippen LogP contribution < -0.4 is 15.4 Å². The van der Waals surface area contributed by atoms with Crippen molar-refractivity contribution in [1.29, 1.82) is 0 Å². The van der Waals surface area contributed by atoms with Crippen molar-refractivity contribution in [3.05, 3.63) is 53.6 Å². The molecule has 0 spiro atoms. The third-order valence-corrected chi connectivity index (χ3v) is 3.71. The molecule has 118 valence electrons. The van der Waals surface area contributed by atoms with Crippen molar-refractivity contribution in [2.24, 2.45) is 0 Å². The molecule has 0 fully saturated rings. The largest absolute Gasteiger partial charge is 0.482 e. The first-order valence-corrected chi connectivity index (χ1v) is 7.51. The minimum atomic E-state index is -0.203. The van der Waals surface area contributed by atoms with Gasteiger partial charge >= 0.3 is 0 Å². The van der Waals surface area contributed by atoms with Crippen LogP contribution in [0.25, 0.3) is 0 Å². The van der Waals surface area contributed by atoms with Gasteiger partial charge in [0.15, 0.2) is 6.61 Å². The molecular weight excluding hydrogens is 292 g/mol. The Bertz CT molecular complexity index is 751. The SMILES string of the molecule is CC(C)c1ccc(C(=O)Nc2ccc3c(c2)NC(=O)CO3)cc1. The van der Waals surface area contributed by atoms with Crippen molar-refractivity contribution in [3.8, 4) is 5.75 Å². The van der Waals surface area contributed by atoms with Crippen molar-refractivity contribution in [3.63, 3.8) is 0 Å². The minimum Gasteiger partial charge on any atom is -0.482 e. The fourth-order valence-corrected chi connectivity index (χ4v) is 2.38. The van der Waals surface area contributed by atoms with E-state index in [1.54, 1.807) is 18.2 Å². The number of anilines is 2. The Hall–Kier alpha value is -2.82. The summed E-state index contributed by atoms with van der Waals surface area (Å²) in [6, 6.07) is 12.7. The van der Waals surface area contributed by atoms with E-state index in [0.717, 1.165) is 0 Å². The Labute approximate surface area is 134 Å². The van der Waals surface area contributed by atoms with E-state index in [0.29, 0.717) is 28.6 Å². The number of hydrogen-bond donors (Lipinski definition) is 2. The first-order valence-electron chi connectivity index (χ1n) is 7.51. The van der Waals surface area contributed by atoms with Crippen molar-refractivity contribution in [2.75, 3.05) is 17.2 Å². The van der Waals surface area contributed by atoms with Gasteiger partial charge in [-0.3, -0.25) is 9.59 Å². The van der Waals surface area contributed by atoms with Gasteiger partial charge in [-0.15, -0.1) is 0 Å². The van der Waals surface area contributed by atoms with E-state index in [2.05, 4.69) is 24.5 Å². The molecule has 0 bridgehead atoms. The lowest BCUT2D eigenvalue weighted by atomic mass is 10.0. The van der Waals surface area contributed by atoms with Crippen LogP contribution in [-0.2, 0) is 4.79 Å². The third-order valence-electron chi connectivity index (χ3n) is 3.71. The van der Waals surface area contributed by atoms with E-state index in [1.807, 2.05) is 24.3 Å².